The second kappa shape index (κ2) is 7.27. The van der Waals surface area contributed by atoms with Gasteiger partial charge in [0.25, 0.3) is 0 Å². The minimum Gasteiger partial charge on any atom is -0.367 e. The molecular weight excluding hydrogens is 405 g/mol. The maximum absolute atomic E-state index is 13.1. The van der Waals surface area contributed by atoms with Crippen molar-refractivity contribution in [3.63, 3.8) is 0 Å². The van der Waals surface area contributed by atoms with Crippen LogP contribution in [0.2, 0.25) is 0 Å². The summed E-state index contributed by atoms with van der Waals surface area (Å²) < 4.78 is 66.6. The fraction of sp³-hybridized carbons (Fsp3) is 0.263. The normalized spacial score (nSPS) is 19.7. The van der Waals surface area contributed by atoms with E-state index >= 15 is 0 Å². The third-order valence-corrected chi connectivity index (χ3v) is 6.25. The van der Waals surface area contributed by atoms with Gasteiger partial charge >= 0.3 is 6.18 Å². The van der Waals surface area contributed by atoms with Crippen molar-refractivity contribution in [1.29, 1.82) is 0 Å². The third-order valence-electron chi connectivity index (χ3n) is 4.71. The third kappa shape index (κ3) is 4.18. The molecular formula is C19H17F3N4O2S. The van der Waals surface area contributed by atoms with Crippen LogP contribution in [0.5, 0.6) is 0 Å². The zero-order valence-electron chi connectivity index (χ0n) is 15.0. The van der Waals surface area contributed by atoms with Gasteiger partial charge in [0.15, 0.2) is 0 Å². The Morgan fingerprint density at radius 2 is 1.55 bits per heavy atom. The smallest absolute Gasteiger partial charge is 0.367 e. The molecule has 1 aliphatic rings. The van der Waals surface area contributed by atoms with Crippen LogP contribution in [0.4, 0.5) is 19.0 Å². The standard InChI is InChI=1S/C19H17F3N4O2S/c20-19(21,22)18-24-16-9-5-4-8-15(16)17(25-18)23-12-10-13(11-12)26-29(27,28)14-6-2-1-3-7-14/h1-9,12-13,26H,10-11H2,(H,23,24,25). The SMILES string of the molecule is O=S(=O)(NC1CC(Nc2nc(C(F)(F)F)nc3ccccc23)C1)c1ccccc1. The van der Waals surface area contributed by atoms with Gasteiger partial charge in [0, 0.05) is 17.5 Å². The molecule has 0 radical (unpaired) electrons. The topological polar surface area (TPSA) is 84.0 Å². The molecule has 2 aromatic carbocycles. The van der Waals surface area contributed by atoms with E-state index < -0.39 is 22.0 Å². The van der Waals surface area contributed by atoms with Gasteiger partial charge in [-0.1, -0.05) is 30.3 Å². The van der Waals surface area contributed by atoms with E-state index in [1.165, 1.54) is 18.2 Å². The molecule has 3 aromatic rings. The summed E-state index contributed by atoms with van der Waals surface area (Å²) in [7, 11) is -3.63. The molecule has 152 valence electrons. The monoisotopic (exact) mass is 422 g/mol. The van der Waals surface area contributed by atoms with Crippen LogP contribution in [-0.2, 0) is 16.2 Å². The van der Waals surface area contributed by atoms with Crippen molar-refractivity contribution in [1.82, 2.24) is 14.7 Å². The fourth-order valence-corrected chi connectivity index (χ4v) is 4.51. The zero-order valence-corrected chi connectivity index (χ0v) is 15.8. The average molecular weight is 422 g/mol. The summed E-state index contributed by atoms with van der Waals surface area (Å²) in [6.45, 7) is 0. The van der Waals surface area contributed by atoms with Crippen molar-refractivity contribution >= 4 is 26.7 Å². The Hall–Kier alpha value is -2.72. The molecule has 0 atom stereocenters. The molecule has 10 heteroatoms. The lowest BCUT2D eigenvalue weighted by Crippen LogP contribution is -2.49. The number of para-hydroxylation sites is 1. The number of sulfonamides is 1. The molecule has 0 bridgehead atoms. The lowest BCUT2D eigenvalue weighted by atomic mass is 9.87. The van der Waals surface area contributed by atoms with Gasteiger partial charge in [-0.25, -0.2) is 23.1 Å². The van der Waals surface area contributed by atoms with Crippen molar-refractivity contribution < 1.29 is 21.6 Å². The quantitative estimate of drug-likeness (QED) is 0.657. The average Bonchev–Trinajstić information content (AvgIpc) is 2.66. The van der Waals surface area contributed by atoms with Gasteiger partial charge in [-0.3, -0.25) is 0 Å². The highest BCUT2D eigenvalue weighted by molar-refractivity contribution is 7.89. The number of rotatable bonds is 5. The van der Waals surface area contributed by atoms with Crippen molar-refractivity contribution in [2.24, 2.45) is 0 Å². The summed E-state index contributed by atoms with van der Waals surface area (Å²) in [4.78, 5) is 7.42. The Labute approximate surface area is 165 Å². The number of fused-ring (bicyclic) bond motifs is 1. The lowest BCUT2D eigenvalue weighted by Gasteiger charge is -2.36. The van der Waals surface area contributed by atoms with Gasteiger partial charge in [0.05, 0.1) is 10.4 Å². The highest BCUT2D eigenvalue weighted by Gasteiger charge is 2.37. The summed E-state index contributed by atoms with van der Waals surface area (Å²) in [5.74, 6) is -1.11. The Morgan fingerprint density at radius 3 is 2.24 bits per heavy atom. The summed E-state index contributed by atoms with van der Waals surface area (Å²) in [5.41, 5.74) is 0.193. The molecule has 1 aromatic heterocycles. The van der Waals surface area contributed by atoms with Crippen LogP contribution < -0.4 is 10.0 Å². The number of hydrogen-bond acceptors (Lipinski definition) is 5. The molecule has 6 nitrogen and oxygen atoms in total. The van der Waals surface area contributed by atoms with E-state index in [1.54, 1.807) is 36.4 Å². The number of benzene rings is 2. The molecule has 0 aliphatic heterocycles. The highest BCUT2D eigenvalue weighted by atomic mass is 32.2. The van der Waals surface area contributed by atoms with Crippen molar-refractivity contribution in [3.05, 3.63) is 60.4 Å². The van der Waals surface area contributed by atoms with Crippen LogP contribution >= 0.6 is 0 Å². The summed E-state index contributed by atoms with van der Waals surface area (Å²) in [6, 6.07) is 14.0. The Balaban J connectivity index is 1.47. The maximum Gasteiger partial charge on any atom is 0.451 e. The number of nitrogens with one attached hydrogen (secondary N) is 2. The van der Waals surface area contributed by atoms with Gasteiger partial charge in [-0.05, 0) is 37.1 Å². The molecule has 0 amide bonds. The zero-order chi connectivity index (χ0) is 20.6. The Kier molecular flexibility index (Phi) is 4.91. The molecule has 1 heterocycles. The Bertz CT molecular complexity index is 1130. The van der Waals surface area contributed by atoms with E-state index in [2.05, 4.69) is 20.0 Å². The molecule has 0 spiro atoms. The summed E-state index contributed by atoms with van der Waals surface area (Å²) >= 11 is 0. The van der Waals surface area contributed by atoms with E-state index in [0.717, 1.165) is 0 Å². The molecule has 1 aliphatic carbocycles. The fourth-order valence-electron chi connectivity index (χ4n) is 3.23. The van der Waals surface area contributed by atoms with E-state index in [0.29, 0.717) is 18.2 Å². The second-order valence-electron chi connectivity index (χ2n) is 6.85. The van der Waals surface area contributed by atoms with E-state index in [-0.39, 0.29) is 28.3 Å². The number of hydrogen-bond donors (Lipinski definition) is 2. The first-order chi connectivity index (χ1) is 13.7. The molecule has 0 unspecified atom stereocenters. The van der Waals surface area contributed by atoms with Crippen LogP contribution in [0.1, 0.15) is 18.7 Å². The first-order valence-corrected chi connectivity index (χ1v) is 10.4. The van der Waals surface area contributed by atoms with Crippen molar-refractivity contribution in [2.75, 3.05) is 5.32 Å². The van der Waals surface area contributed by atoms with E-state index in [4.69, 9.17) is 0 Å². The van der Waals surface area contributed by atoms with Crippen molar-refractivity contribution in [2.45, 2.75) is 36.0 Å². The van der Waals surface area contributed by atoms with Gasteiger partial charge in [0.2, 0.25) is 15.8 Å². The highest BCUT2D eigenvalue weighted by Crippen LogP contribution is 2.32. The van der Waals surface area contributed by atoms with Crippen molar-refractivity contribution in [3.8, 4) is 0 Å². The first kappa shape index (κ1) is 19.6. The van der Waals surface area contributed by atoms with E-state index in [9.17, 15) is 21.6 Å². The largest absolute Gasteiger partial charge is 0.451 e. The molecule has 2 N–H and O–H groups in total. The minimum atomic E-state index is -4.66. The predicted octanol–water partition coefficient (Wildman–Crippen LogP) is 3.57. The number of aromatic nitrogens is 2. The number of anilines is 1. The van der Waals surface area contributed by atoms with Crippen LogP contribution in [-0.4, -0.2) is 30.5 Å². The number of nitrogens with zero attached hydrogens (tertiary/aromatic N) is 2. The molecule has 1 fully saturated rings. The van der Waals surface area contributed by atoms with Gasteiger partial charge in [0.1, 0.15) is 5.82 Å². The summed E-state index contributed by atoms with van der Waals surface area (Å²) in [5, 5.41) is 3.48. The van der Waals surface area contributed by atoms with Crippen LogP contribution in [0.25, 0.3) is 10.9 Å². The minimum absolute atomic E-state index is 0.0947. The second-order valence-corrected chi connectivity index (χ2v) is 8.57. The Morgan fingerprint density at radius 1 is 0.897 bits per heavy atom. The van der Waals surface area contributed by atoms with Crippen LogP contribution in [0.3, 0.4) is 0 Å². The van der Waals surface area contributed by atoms with E-state index in [1.807, 2.05) is 0 Å². The predicted molar refractivity (Wildman–Crippen MR) is 102 cm³/mol. The number of halogens is 3. The molecule has 29 heavy (non-hydrogen) atoms. The van der Waals surface area contributed by atoms with Gasteiger partial charge in [-0.15, -0.1) is 0 Å². The van der Waals surface area contributed by atoms with Gasteiger partial charge in [-0.2, -0.15) is 13.2 Å². The lowest BCUT2D eigenvalue weighted by molar-refractivity contribution is -0.144. The van der Waals surface area contributed by atoms with Crippen LogP contribution in [0.15, 0.2) is 59.5 Å². The molecule has 1 saturated carbocycles. The molecule has 0 saturated heterocycles. The number of alkyl halides is 3. The molecule has 4 rings (SSSR count). The first-order valence-electron chi connectivity index (χ1n) is 8.90. The summed E-state index contributed by atoms with van der Waals surface area (Å²) in [6.07, 6.45) is -3.79. The maximum atomic E-state index is 13.1. The van der Waals surface area contributed by atoms with Crippen LogP contribution in [0, 0.1) is 0 Å². The van der Waals surface area contributed by atoms with Gasteiger partial charge < -0.3 is 5.32 Å².